The molecule has 0 radical (unpaired) electrons. The van der Waals surface area contributed by atoms with Crippen LogP contribution in [0.25, 0.3) is 11.0 Å². The van der Waals surface area contributed by atoms with Gasteiger partial charge in [0.2, 0.25) is 0 Å². The summed E-state index contributed by atoms with van der Waals surface area (Å²) in [5.41, 5.74) is 2.07. The van der Waals surface area contributed by atoms with E-state index in [1.165, 1.54) is 0 Å². The molecule has 4 heteroatoms. The van der Waals surface area contributed by atoms with E-state index in [0.717, 1.165) is 36.1 Å². The van der Waals surface area contributed by atoms with Gasteiger partial charge >= 0.3 is 0 Å². The van der Waals surface area contributed by atoms with E-state index in [1.54, 1.807) is 0 Å². The average molecular weight is 267 g/mol. The van der Waals surface area contributed by atoms with Crippen LogP contribution in [0.2, 0.25) is 5.02 Å². The van der Waals surface area contributed by atoms with Gasteiger partial charge in [0.1, 0.15) is 5.82 Å². The van der Waals surface area contributed by atoms with Gasteiger partial charge < -0.3 is 9.67 Å². The maximum Gasteiger partial charge on any atom is 0.110 e. The summed E-state index contributed by atoms with van der Waals surface area (Å²) in [7, 11) is 0. The highest BCUT2D eigenvalue weighted by Crippen LogP contribution is 2.26. The zero-order chi connectivity index (χ0) is 13.1. The molecular weight excluding hydrogens is 248 g/mol. The standard InChI is InChI=1S/C14H19ClN2O/c1-3-10(2)17-13-7-6-11(15)9-12(13)16-14(17)5-4-8-18/h6-7,9-10,18H,3-5,8H2,1-2H3/t10-/m0/s1. The summed E-state index contributed by atoms with van der Waals surface area (Å²) in [4.78, 5) is 4.65. The first kappa shape index (κ1) is 13.4. The molecule has 3 nitrogen and oxygen atoms in total. The van der Waals surface area contributed by atoms with Gasteiger partial charge in [0.05, 0.1) is 11.0 Å². The zero-order valence-corrected chi connectivity index (χ0v) is 11.6. The number of fused-ring (bicyclic) bond motifs is 1. The number of aliphatic hydroxyl groups excluding tert-OH is 1. The third kappa shape index (κ3) is 2.52. The molecule has 0 saturated carbocycles. The third-order valence-corrected chi connectivity index (χ3v) is 3.55. The van der Waals surface area contributed by atoms with Crippen molar-refractivity contribution in [2.45, 2.75) is 39.2 Å². The topological polar surface area (TPSA) is 38.0 Å². The molecule has 2 aromatic rings. The second kappa shape index (κ2) is 5.72. The first-order valence-corrected chi connectivity index (χ1v) is 6.82. The molecule has 2 rings (SSSR count). The van der Waals surface area contributed by atoms with E-state index >= 15 is 0 Å². The van der Waals surface area contributed by atoms with Crippen LogP contribution in [0.4, 0.5) is 0 Å². The van der Waals surface area contributed by atoms with Crippen molar-refractivity contribution in [1.29, 1.82) is 0 Å². The Morgan fingerprint density at radius 3 is 2.89 bits per heavy atom. The molecule has 0 amide bonds. The Kier molecular flexibility index (Phi) is 4.25. The number of nitrogens with zero attached hydrogens (tertiary/aromatic N) is 2. The van der Waals surface area contributed by atoms with E-state index in [0.29, 0.717) is 11.1 Å². The summed E-state index contributed by atoms with van der Waals surface area (Å²) in [6, 6.07) is 6.24. The highest BCUT2D eigenvalue weighted by molar-refractivity contribution is 6.31. The number of halogens is 1. The van der Waals surface area contributed by atoms with E-state index in [9.17, 15) is 0 Å². The number of rotatable bonds is 5. The summed E-state index contributed by atoms with van der Waals surface area (Å²) in [6.45, 7) is 4.56. The summed E-state index contributed by atoms with van der Waals surface area (Å²) >= 11 is 6.01. The minimum absolute atomic E-state index is 0.199. The fourth-order valence-electron chi connectivity index (χ4n) is 2.21. The van der Waals surface area contributed by atoms with Crippen LogP contribution in [0.3, 0.4) is 0 Å². The van der Waals surface area contributed by atoms with Crippen LogP contribution in [0.15, 0.2) is 18.2 Å². The molecule has 18 heavy (non-hydrogen) atoms. The summed E-state index contributed by atoms with van der Waals surface area (Å²) in [6.07, 6.45) is 2.60. The minimum atomic E-state index is 0.199. The summed E-state index contributed by atoms with van der Waals surface area (Å²) in [5.74, 6) is 1.04. The average Bonchev–Trinajstić information content (AvgIpc) is 2.72. The maximum atomic E-state index is 8.98. The number of hydrogen-bond acceptors (Lipinski definition) is 2. The molecule has 1 atom stereocenters. The number of aromatic nitrogens is 2. The van der Waals surface area contributed by atoms with Crippen LogP contribution in [0.5, 0.6) is 0 Å². The Morgan fingerprint density at radius 2 is 2.22 bits per heavy atom. The van der Waals surface area contributed by atoms with Crippen molar-refractivity contribution in [3.8, 4) is 0 Å². The minimum Gasteiger partial charge on any atom is -0.396 e. The van der Waals surface area contributed by atoms with Gasteiger partial charge in [0.25, 0.3) is 0 Å². The lowest BCUT2D eigenvalue weighted by Gasteiger charge is -2.15. The summed E-state index contributed by atoms with van der Waals surface area (Å²) in [5, 5.41) is 9.69. The number of benzene rings is 1. The monoisotopic (exact) mass is 266 g/mol. The van der Waals surface area contributed by atoms with E-state index in [-0.39, 0.29) is 6.61 Å². The molecule has 0 aliphatic heterocycles. The predicted molar refractivity (Wildman–Crippen MR) is 75.2 cm³/mol. The van der Waals surface area contributed by atoms with Crippen LogP contribution < -0.4 is 0 Å². The molecule has 1 N–H and O–H groups in total. The lowest BCUT2D eigenvalue weighted by molar-refractivity contribution is 0.286. The molecule has 1 heterocycles. The van der Waals surface area contributed by atoms with E-state index in [2.05, 4.69) is 23.4 Å². The Balaban J connectivity index is 2.53. The highest BCUT2D eigenvalue weighted by atomic mass is 35.5. The fraction of sp³-hybridized carbons (Fsp3) is 0.500. The van der Waals surface area contributed by atoms with Gasteiger partial charge in [-0.05, 0) is 38.0 Å². The molecular formula is C14H19ClN2O. The Hall–Kier alpha value is -1.06. The van der Waals surface area contributed by atoms with Crippen LogP contribution in [0.1, 0.15) is 38.6 Å². The molecule has 0 spiro atoms. The van der Waals surface area contributed by atoms with Gasteiger partial charge in [-0.1, -0.05) is 18.5 Å². The first-order chi connectivity index (χ1) is 8.67. The molecule has 1 aromatic heterocycles. The van der Waals surface area contributed by atoms with Gasteiger partial charge in [-0.2, -0.15) is 0 Å². The second-order valence-corrected chi connectivity index (χ2v) is 5.05. The summed E-state index contributed by atoms with van der Waals surface area (Å²) < 4.78 is 2.27. The Morgan fingerprint density at radius 1 is 1.44 bits per heavy atom. The number of aryl methyl sites for hydroxylation is 1. The molecule has 1 aromatic carbocycles. The van der Waals surface area contributed by atoms with Gasteiger partial charge in [-0.15, -0.1) is 0 Å². The molecule has 0 saturated heterocycles. The molecule has 0 aliphatic carbocycles. The van der Waals surface area contributed by atoms with Crippen LogP contribution in [-0.2, 0) is 6.42 Å². The van der Waals surface area contributed by atoms with Crippen molar-refractivity contribution in [3.05, 3.63) is 29.0 Å². The van der Waals surface area contributed by atoms with Gasteiger partial charge in [0, 0.05) is 24.1 Å². The number of aliphatic hydroxyl groups is 1. The van der Waals surface area contributed by atoms with Crippen molar-refractivity contribution in [2.24, 2.45) is 0 Å². The van der Waals surface area contributed by atoms with E-state index in [1.807, 2.05) is 18.2 Å². The molecule has 0 aliphatic rings. The maximum absolute atomic E-state index is 8.98. The predicted octanol–water partition coefficient (Wildman–Crippen LogP) is 3.59. The second-order valence-electron chi connectivity index (χ2n) is 4.62. The molecule has 0 fully saturated rings. The van der Waals surface area contributed by atoms with Crippen LogP contribution in [0, 0.1) is 0 Å². The lowest BCUT2D eigenvalue weighted by atomic mass is 10.2. The largest absolute Gasteiger partial charge is 0.396 e. The molecule has 0 unspecified atom stereocenters. The Labute approximate surface area is 112 Å². The Bertz CT molecular complexity index is 536. The van der Waals surface area contributed by atoms with Crippen molar-refractivity contribution < 1.29 is 5.11 Å². The highest BCUT2D eigenvalue weighted by Gasteiger charge is 2.14. The van der Waals surface area contributed by atoms with E-state index < -0.39 is 0 Å². The van der Waals surface area contributed by atoms with Crippen LogP contribution in [-0.4, -0.2) is 21.3 Å². The van der Waals surface area contributed by atoms with E-state index in [4.69, 9.17) is 16.7 Å². The van der Waals surface area contributed by atoms with Crippen molar-refractivity contribution in [2.75, 3.05) is 6.61 Å². The van der Waals surface area contributed by atoms with Gasteiger partial charge in [0.15, 0.2) is 0 Å². The fourth-order valence-corrected chi connectivity index (χ4v) is 2.38. The number of hydrogen-bond donors (Lipinski definition) is 1. The van der Waals surface area contributed by atoms with Crippen molar-refractivity contribution >= 4 is 22.6 Å². The first-order valence-electron chi connectivity index (χ1n) is 6.44. The lowest BCUT2D eigenvalue weighted by Crippen LogP contribution is -2.09. The molecule has 0 bridgehead atoms. The SMILES string of the molecule is CC[C@H](C)n1c(CCCO)nc2cc(Cl)ccc21. The molecule has 98 valence electrons. The smallest absolute Gasteiger partial charge is 0.110 e. The quantitative estimate of drug-likeness (QED) is 0.898. The van der Waals surface area contributed by atoms with Crippen molar-refractivity contribution in [1.82, 2.24) is 9.55 Å². The van der Waals surface area contributed by atoms with Gasteiger partial charge in [-0.25, -0.2) is 4.98 Å². The zero-order valence-electron chi connectivity index (χ0n) is 10.9. The van der Waals surface area contributed by atoms with Gasteiger partial charge in [-0.3, -0.25) is 0 Å². The van der Waals surface area contributed by atoms with Crippen LogP contribution >= 0.6 is 11.6 Å². The third-order valence-electron chi connectivity index (χ3n) is 3.31. The number of imidazole rings is 1. The van der Waals surface area contributed by atoms with Crippen molar-refractivity contribution in [3.63, 3.8) is 0 Å². The normalized spacial score (nSPS) is 13.1.